The standard InChI is InChI=1S/C15H21NO2/c1-15(14(17)18)10-6-5-9-13(15)16-11-12-7-3-2-4-8-12/h2-4,7-8,13,16H,5-6,9-11H2,1H3,(H,17,18). The molecule has 0 aliphatic heterocycles. The first-order valence-electron chi connectivity index (χ1n) is 6.63. The lowest BCUT2D eigenvalue weighted by molar-refractivity contribution is -0.151. The van der Waals surface area contributed by atoms with E-state index in [4.69, 9.17) is 0 Å². The maximum absolute atomic E-state index is 11.5. The molecule has 0 bridgehead atoms. The van der Waals surface area contributed by atoms with Crippen molar-refractivity contribution >= 4 is 5.97 Å². The van der Waals surface area contributed by atoms with Gasteiger partial charge >= 0.3 is 5.97 Å². The lowest BCUT2D eigenvalue weighted by atomic mass is 9.71. The lowest BCUT2D eigenvalue weighted by Gasteiger charge is -2.38. The van der Waals surface area contributed by atoms with Crippen LogP contribution in [0, 0.1) is 5.41 Å². The fraction of sp³-hybridized carbons (Fsp3) is 0.533. The number of nitrogens with one attached hydrogen (secondary N) is 1. The van der Waals surface area contributed by atoms with Crippen molar-refractivity contribution in [2.45, 2.75) is 45.2 Å². The van der Waals surface area contributed by atoms with Crippen molar-refractivity contribution in [3.05, 3.63) is 35.9 Å². The monoisotopic (exact) mass is 247 g/mol. The maximum atomic E-state index is 11.5. The number of aliphatic carboxylic acids is 1. The average molecular weight is 247 g/mol. The number of carbonyl (C=O) groups is 1. The zero-order valence-corrected chi connectivity index (χ0v) is 10.9. The molecule has 1 aromatic rings. The minimum Gasteiger partial charge on any atom is -0.481 e. The van der Waals surface area contributed by atoms with Gasteiger partial charge in [-0.15, -0.1) is 0 Å². The van der Waals surface area contributed by atoms with Gasteiger partial charge in [-0.3, -0.25) is 4.79 Å². The number of carboxylic acid groups (broad SMARTS) is 1. The van der Waals surface area contributed by atoms with Crippen LogP contribution in [-0.2, 0) is 11.3 Å². The Labute approximate surface area is 108 Å². The van der Waals surface area contributed by atoms with E-state index in [1.807, 2.05) is 25.1 Å². The summed E-state index contributed by atoms with van der Waals surface area (Å²) in [6.07, 6.45) is 3.87. The van der Waals surface area contributed by atoms with Crippen molar-refractivity contribution in [3.8, 4) is 0 Å². The van der Waals surface area contributed by atoms with E-state index >= 15 is 0 Å². The van der Waals surface area contributed by atoms with E-state index in [2.05, 4.69) is 17.4 Å². The number of benzene rings is 1. The van der Waals surface area contributed by atoms with Gasteiger partial charge in [-0.2, -0.15) is 0 Å². The van der Waals surface area contributed by atoms with Crippen LogP contribution in [-0.4, -0.2) is 17.1 Å². The normalized spacial score (nSPS) is 27.9. The van der Waals surface area contributed by atoms with Gasteiger partial charge in [0.25, 0.3) is 0 Å². The molecule has 1 saturated carbocycles. The minimum atomic E-state index is -0.673. The summed E-state index contributed by atoms with van der Waals surface area (Å²) >= 11 is 0. The Balaban J connectivity index is 2.00. The number of rotatable bonds is 4. The predicted octanol–water partition coefficient (Wildman–Crippen LogP) is 2.81. The molecular formula is C15H21NO2. The van der Waals surface area contributed by atoms with E-state index in [-0.39, 0.29) is 6.04 Å². The highest BCUT2D eigenvalue weighted by atomic mass is 16.4. The van der Waals surface area contributed by atoms with Gasteiger partial charge in [0.05, 0.1) is 5.41 Å². The van der Waals surface area contributed by atoms with Crippen molar-refractivity contribution < 1.29 is 9.90 Å². The van der Waals surface area contributed by atoms with Gasteiger partial charge < -0.3 is 10.4 Å². The van der Waals surface area contributed by atoms with Gasteiger partial charge in [0.15, 0.2) is 0 Å². The molecule has 0 spiro atoms. The molecule has 1 aromatic carbocycles. The Morgan fingerprint density at radius 2 is 2.11 bits per heavy atom. The Morgan fingerprint density at radius 1 is 1.39 bits per heavy atom. The van der Waals surface area contributed by atoms with Crippen LogP contribution in [0.3, 0.4) is 0 Å². The maximum Gasteiger partial charge on any atom is 0.310 e. The summed E-state index contributed by atoms with van der Waals surface area (Å²) < 4.78 is 0. The number of carboxylic acids is 1. The summed E-state index contributed by atoms with van der Waals surface area (Å²) in [5.41, 5.74) is 0.586. The number of hydrogen-bond donors (Lipinski definition) is 2. The third-order valence-corrected chi connectivity index (χ3v) is 4.09. The molecule has 1 aliphatic carbocycles. The van der Waals surface area contributed by atoms with Crippen molar-refractivity contribution in [2.75, 3.05) is 0 Å². The molecule has 0 radical (unpaired) electrons. The molecule has 2 atom stereocenters. The second-order valence-electron chi connectivity index (χ2n) is 5.39. The lowest BCUT2D eigenvalue weighted by Crippen LogP contribution is -2.50. The molecule has 18 heavy (non-hydrogen) atoms. The largest absolute Gasteiger partial charge is 0.481 e. The third-order valence-electron chi connectivity index (χ3n) is 4.09. The molecule has 0 amide bonds. The van der Waals surface area contributed by atoms with Crippen LogP contribution in [0.1, 0.15) is 38.2 Å². The van der Waals surface area contributed by atoms with Gasteiger partial charge in [0.1, 0.15) is 0 Å². The minimum absolute atomic E-state index is 0.0731. The summed E-state index contributed by atoms with van der Waals surface area (Å²) in [4.78, 5) is 11.5. The Morgan fingerprint density at radius 3 is 2.78 bits per heavy atom. The van der Waals surface area contributed by atoms with E-state index in [9.17, 15) is 9.90 Å². The van der Waals surface area contributed by atoms with E-state index in [0.717, 1.165) is 32.2 Å². The Bertz CT molecular complexity index is 404. The Kier molecular flexibility index (Phi) is 4.02. The zero-order valence-electron chi connectivity index (χ0n) is 10.9. The fourth-order valence-corrected chi connectivity index (χ4v) is 2.75. The summed E-state index contributed by atoms with van der Waals surface area (Å²) in [6, 6.07) is 10.2. The fourth-order valence-electron chi connectivity index (χ4n) is 2.75. The highest BCUT2D eigenvalue weighted by Crippen LogP contribution is 2.36. The highest BCUT2D eigenvalue weighted by Gasteiger charge is 2.42. The molecule has 1 fully saturated rings. The van der Waals surface area contributed by atoms with Crippen molar-refractivity contribution in [3.63, 3.8) is 0 Å². The molecule has 3 heteroatoms. The summed E-state index contributed by atoms with van der Waals surface area (Å²) in [5.74, 6) is -0.673. The van der Waals surface area contributed by atoms with Crippen molar-refractivity contribution in [2.24, 2.45) is 5.41 Å². The first kappa shape index (κ1) is 13.1. The second-order valence-corrected chi connectivity index (χ2v) is 5.39. The van der Waals surface area contributed by atoms with Crippen LogP contribution in [0.4, 0.5) is 0 Å². The molecule has 1 aliphatic rings. The molecular weight excluding hydrogens is 226 g/mol. The van der Waals surface area contributed by atoms with E-state index in [0.29, 0.717) is 0 Å². The van der Waals surface area contributed by atoms with Crippen LogP contribution >= 0.6 is 0 Å². The van der Waals surface area contributed by atoms with Gasteiger partial charge in [-0.1, -0.05) is 43.2 Å². The van der Waals surface area contributed by atoms with Crippen LogP contribution in [0.15, 0.2) is 30.3 Å². The Hall–Kier alpha value is -1.35. The summed E-state index contributed by atoms with van der Waals surface area (Å²) in [6.45, 7) is 2.62. The molecule has 0 saturated heterocycles. The van der Waals surface area contributed by atoms with Crippen molar-refractivity contribution in [1.82, 2.24) is 5.32 Å². The van der Waals surface area contributed by atoms with Gasteiger partial charge in [-0.25, -0.2) is 0 Å². The van der Waals surface area contributed by atoms with E-state index < -0.39 is 11.4 Å². The SMILES string of the molecule is CC1(C(=O)O)CCCCC1NCc1ccccc1. The quantitative estimate of drug-likeness (QED) is 0.860. The smallest absolute Gasteiger partial charge is 0.310 e. The molecule has 2 rings (SSSR count). The molecule has 0 aromatic heterocycles. The molecule has 3 nitrogen and oxygen atoms in total. The molecule has 98 valence electrons. The van der Waals surface area contributed by atoms with Crippen molar-refractivity contribution in [1.29, 1.82) is 0 Å². The van der Waals surface area contributed by atoms with Crippen LogP contribution in [0.5, 0.6) is 0 Å². The predicted molar refractivity (Wildman–Crippen MR) is 71.3 cm³/mol. The topological polar surface area (TPSA) is 49.3 Å². The first-order chi connectivity index (χ1) is 8.63. The van der Waals surface area contributed by atoms with Crippen LogP contribution in [0.2, 0.25) is 0 Å². The highest BCUT2D eigenvalue weighted by molar-refractivity contribution is 5.75. The van der Waals surface area contributed by atoms with Gasteiger partial charge in [0.2, 0.25) is 0 Å². The van der Waals surface area contributed by atoms with Gasteiger partial charge in [-0.05, 0) is 25.3 Å². The van der Waals surface area contributed by atoms with E-state index in [1.54, 1.807) is 0 Å². The van der Waals surface area contributed by atoms with Crippen LogP contribution < -0.4 is 5.32 Å². The second kappa shape index (κ2) is 5.53. The molecule has 0 heterocycles. The average Bonchev–Trinajstić information content (AvgIpc) is 2.39. The van der Waals surface area contributed by atoms with Gasteiger partial charge in [0, 0.05) is 12.6 Å². The zero-order chi connectivity index (χ0) is 13.0. The van der Waals surface area contributed by atoms with E-state index in [1.165, 1.54) is 5.56 Å². The van der Waals surface area contributed by atoms with Crippen LogP contribution in [0.25, 0.3) is 0 Å². The summed E-state index contributed by atoms with van der Waals surface area (Å²) in [7, 11) is 0. The molecule has 2 unspecified atom stereocenters. The summed E-state index contributed by atoms with van der Waals surface area (Å²) in [5, 5.41) is 12.9. The number of hydrogen-bond acceptors (Lipinski definition) is 2. The first-order valence-corrected chi connectivity index (χ1v) is 6.63. The third kappa shape index (κ3) is 2.72. The molecule has 2 N–H and O–H groups in total.